The number of allylic oxidation sites excluding steroid dienone is 1. The largest absolute Gasteiger partial charge is 0.464 e. The van der Waals surface area contributed by atoms with Crippen molar-refractivity contribution in [2.24, 2.45) is 5.41 Å². The van der Waals surface area contributed by atoms with E-state index in [1.54, 1.807) is 0 Å². The van der Waals surface area contributed by atoms with Gasteiger partial charge in [-0.05, 0) is 71.6 Å². The molecule has 112 valence electrons. The molecule has 1 aliphatic heterocycles. The summed E-state index contributed by atoms with van der Waals surface area (Å²) < 4.78 is 12.5. The first kappa shape index (κ1) is 14.7. The second kappa shape index (κ2) is 4.36. The fourth-order valence-corrected chi connectivity index (χ4v) is 4.48. The molecular formula is C17H29BO2. The van der Waals surface area contributed by atoms with Gasteiger partial charge in [0, 0.05) is 5.31 Å². The average molecular weight is 276 g/mol. The maximum atomic E-state index is 6.26. The fourth-order valence-electron chi connectivity index (χ4n) is 4.48. The van der Waals surface area contributed by atoms with E-state index < -0.39 is 0 Å². The first-order valence-electron chi connectivity index (χ1n) is 8.21. The van der Waals surface area contributed by atoms with Crippen LogP contribution in [0, 0.1) is 5.41 Å². The second-order valence-corrected chi connectivity index (χ2v) is 8.52. The van der Waals surface area contributed by atoms with Crippen LogP contribution in [0.5, 0.6) is 0 Å². The quantitative estimate of drug-likeness (QED) is 0.396. The summed E-state index contributed by atoms with van der Waals surface area (Å²) in [5, 5.41) is 0.351. The third-order valence-electron chi connectivity index (χ3n) is 6.30. The van der Waals surface area contributed by atoms with Crippen molar-refractivity contribution in [2.75, 3.05) is 0 Å². The smallest absolute Gasteiger partial charge is 0.403 e. The first-order chi connectivity index (χ1) is 9.24. The molecule has 3 aliphatic carbocycles. The van der Waals surface area contributed by atoms with Gasteiger partial charge in [-0.15, -0.1) is 6.58 Å². The van der Waals surface area contributed by atoms with Crippen LogP contribution in [-0.2, 0) is 9.31 Å². The van der Waals surface area contributed by atoms with E-state index in [4.69, 9.17) is 9.31 Å². The van der Waals surface area contributed by atoms with Crippen molar-refractivity contribution in [3.05, 3.63) is 12.7 Å². The summed E-state index contributed by atoms with van der Waals surface area (Å²) in [6.45, 7) is 12.4. The lowest BCUT2D eigenvalue weighted by Crippen LogP contribution is -2.63. The molecule has 0 atom stereocenters. The molecule has 1 heterocycles. The highest BCUT2D eigenvalue weighted by Gasteiger charge is 2.75. The molecule has 3 heteroatoms. The normalized spacial score (nSPS) is 40.1. The minimum Gasteiger partial charge on any atom is -0.403 e. The van der Waals surface area contributed by atoms with Gasteiger partial charge < -0.3 is 9.31 Å². The Morgan fingerprint density at radius 1 is 1.00 bits per heavy atom. The average Bonchev–Trinajstić information content (AvgIpc) is 2.43. The third kappa shape index (κ3) is 2.01. The maximum absolute atomic E-state index is 6.26. The Kier molecular flexibility index (Phi) is 3.20. The molecule has 0 aromatic rings. The number of hydrogen-bond donors (Lipinski definition) is 0. The maximum Gasteiger partial charge on any atom is 0.464 e. The van der Waals surface area contributed by atoms with Gasteiger partial charge in [0.05, 0.1) is 11.2 Å². The summed E-state index contributed by atoms with van der Waals surface area (Å²) in [5.41, 5.74) is 0.291. The van der Waals surface area contributed by atoms with Gasteiger partial charge in [-0.3, -0.25) is 0 Å². The lowest BCUT2D eigenvalue weighted by Gasteiger charge is -2.71. The molecule has 0 N–H and O–H groups in total. The Bertz CT molecular complexity index is 377. The SMILES string of the molecule is C=CCCCCC12CC(B3OC(C)(C)C(C)(C)O3)(C1)C2. The van der Waals surface area contributed by atoms with Gasteiger partial charge in [0.15, 0.2) is 0 Å². The molecule has 0 aromatic heterocycles. The molecule has 2 nitrogen and oxygen atoms in total. The van der Waals surface area contributed by atoms with Crippen molar-refractivity contribution in [3.8, 4) is 0 Å². The molecule has 0 unspecified atom stereocenters. The zero-order chi connectivity index (χ0) is 14.6. The Labute approximate surface area is 124 Å². The van der Waals surface area contributed by atoms with Crippen LogP contribution in [0.3, 0.4) is 0 Å². The Morgan fingerprint density at radius 2 is 1.55 bits per heavy atom. The number of hydrogen-bond acceptors (Lipinski definition) is 2. The van der Waals surface area contributed by atoms with Gasteiger partial charge in [-0.25, -0.2) is 0 Å². The third-order valence-corrected chi connectivity index (χ3v) is 6.30. The molecule has 0 spiro atoms. The van der Waals surface area contributed by atoms with Crippen LogP contribution in [0.15, 0.2) is 12.7 Å². The molecule has 0 radical (unpaired) electrons. The molecule has 4 rings (SSSR count). The van der Waals surface area contributed by atoms with Crippen molar-refractivity contribution >= 4 is 7.12 Å². The van der Waals surface area contributed by atoms with Crippen LogP contribution >= 0.6 is 0 Å². The van der Waals surface area contributed by atoms with E-state index in [2.05, 4.69) is 34.3 Å². The molecule has 0 amide bonds. The van der Waals surface area contributed by atoms with Crippen LogP contribution in [0.2, 0.25) is 5.31 Å². The van der Waals surface area contributed by atoms with E-state index in [0.717, 1.165) is 0 Å². The van der Waals surface area contributed by atoms with Gasteiger partial charge >= 0.3 is 7.12 Å². The van der Waals surface area contributed by atoms with Crippen molar-refractivity contribution in [1.29, 1.82) is 0 Å². The van der Waals surface area contributed by atoms with Gasteiger partial charge in [0.25, 0.3) is 0 Å². The zero-order valence-corrected chi connectivity index (χ0v) is 13.6. The van der Waals surface area contributed by atoms with Crippen LogP contribution in [-0.4, -0.2) is 18.3 Å². The first-order valence-corrected chi connectivity index (χ1v) is 8.21. The molecular weight excluding hydrogens is 247 g/mol. The predicted molar refractivity (Wildman–Crippen MR) is 83.7 cm³/mol. The van der Waals surface area contributed by atoms with Crippen LogP contribution < -0.4 is 0 Å². The van der Waals surface area contributed by atoms with E-state index in [9.17, 15) is 0 Å². The molecule has 0 aromatic carbocycles. The Morgan fingerprint density at radius 3 is 2.05 bits per heavy atom. The summed E-state index contributed by atoms with van der Waals surface area (Å²) in [5.74, 6) is 0. The van der Waals surface area contributed by atoms with Gasteiger partial charge in [-0.1, -0.05) is 12.5 Å². The van der Waals surface area contributed by atoms with Crippen LogP contribution in [0.1, 0.15) is 72.6 Å². The highest BCUT2D eigenvalue weighted by Crippen LogP contribution is 2.82. The van der Waals surface area contributed by atoms with Crippen molar-refractivity contribution in [3.63, 3.8) is 0 Å². The Balaban J connectivity index is 1.51. The summed E-state index contributed by atoms with van der Waals surface area (Å²) >= 11 is 0. The molecule has 1 saturated heterocycles. The predicted octanol–water partition coefficient (Wildman–Crippen LogP) is 4.75. The Hall–Kier alpha value is -0.275. The van der Waals surface area contributed by atoms with E-state index in [-0.39, 0.29) is 18.3 Å². The van der Waals surface area contributed by atoms with Gasteiger partial charge in [0.1, 0.15) is 0 Å². The monoisotopic (exact) mass is 276 g/mol. The highest BCUT2D eigenvalue weighted by atomic mass is 16.7. The zero-order valence-electron chi connectivity index (χ0n) is 13.6. The fraction of sp³-hybridized carbons (Fsp3) is 0.882. The van der Waals surface area contributed by atoms with Crippen molar-refractivity contribution in [2.45, 2.75) is 89.2 Å². The van der Waals surface area contributed by atoms with Crippen molar-refractivity contribution < 1.29 is 9.31 Å². The van der Waals surface area contributed by atoms with Gasteiger partial charge in [0.2, 0.25) is 0 Å². The number of unbranched alkanes of at least 4 members (excludes halogenated alkanes) is 2. The second-order valence-electron chi connectivity index (χ2n) is 8.52. The summed E-state index contributed by atoms with van der Waals surface area (Å²) in [6, 6.07) is 0. The summed E-state index contributed by atoms with van der Waals surface area (Å²) in [7, 11) is 0.0301. The van der Waals surface area contributed by atoms with E-state index in [0.29, 0.717) is 10.7 Å². The van der Waals surface area contributed by atoms with Crippen molar-refractivity contribution in [1.82, 2.24) is 0 Å². The minimum atomic E-state index is -0.176. The number of rotatable bonds is 6. The van der Waals surface area contributed by atoms with Gasteiger partial charge in [-0.2, -0.15) is 0 Å². The molecule has 4 fully saturated rings. The molecule has 20 heavy (non-hydrogen) atoms. The lowest BCUT2D eigenvalue weighted by molar-refractivity contribution is -0.116. The van der Waals surface area contributed by atoms with E-state index >= 15 is 0 Å². The topological polar surface area (TPSA) is 18.5 Å². The van der Waals surface area contributed by atoms with Crippen LogP contribution in [0.25, 0.3) is 0 Å². The molecule has 2 bridgehead atoms. The van der Waals surface area contributed by atoms with E-state index in [1.807, 2.05) is 6.08 Å². The molecule has 4 aliphatic rings. The standard InChI is InChI=1S/C17H29BO2/c1-6-7-8-9-10-16-11-17(12-16,13-16)18-19-14(2,3)15(4,5)20-18/h6H,1,7-13H2,2-5H3. The lowest BCUT2D eigenvalue weighted by atomic mass is 9.23. The minimum absolute atomic E-state index is 0.0301. The summed E-state index contributed by atoms with van der Waals surface area (Å²) in [6.07, 6.45) is 11.2. The van der Waals surface area contributed by atoms with E-state index in [1.165, 1.54) is 44.9 Å². The highest BCUT2D eigenvalue weighted by molar-refractivity contribution is 6.51. The molecule has 3 saturated carbocycles. The summed E-state index contributed by atoms with van der Waals surface area (Å²) in [4.78, 5) is 0. The van der Waals surface area contributed by atoms with Crippen LogP contribution in [0.4, 0.5) is 0 Å².